The summed E-state index contributed by atoms with van der Waals surface area (Å²) < 4.78 is 47.3. The first-order chi connectivity index (χ1) is 11.2. The van der Waals surface area contributed by atoms with Crippen molar-refractivity contribution < 1.29 is 32.4 Å². The number of benzene rings is 1. The Morgan fingerprint density at radius 3 is 2.58 bits per heavy atom. The zero-order chi connectivity index (χ0) is 17.9. The highest BCUT2D eigenvalue weighted by atomic mass is 19.4. The van der Waals surface area contributed by atoms with Gasteiger partial charge < -0.3 is 9.47 Å². The first-order valence-electron chi connectivity index (χ1n) is 6.17. The summed E-state index contributed by atoms with van der Waals surface area (Å²) in [4.78, 5) is 28.2. The molecule has 126 valence electrons. The fourth-order valence-corrected chi connectivity index (χ4v) is 1.64. The van der Waals surface area contributed by atoms with Crippen LogP contribution in [0.15, 0.2) is 30.5 Å². The lowest BCUT2D eigenvalue weighted by molar-refractivity contribution is -0.385. The molecule has 0 aliphatic carbocycles. The third-order valence-electron chi connectivity index (χ3n) is 2.70. The number of halogens is 3. The van der Waals surface area contributed by atoms with Gasteiger partial charge in [0.05, 0.1) is 17.6 Å². The normalized spacial score (nSPS) is 11.0. The van der Waals surface area contributed by atoms with Gasteiger partial charge in [-0.2, -0.15) is 18.2 Å². The van der Waals surface area contributed by atoms with E-state index in [9.17, 15) is 28.1 Å². The molecule has 24 heavy (non-hydrogen) atoms. The van der Waals surface area contributed by atoms with Gasteiger partial charge in [-0.3, -0.25) is 10.1 Å². The Labute approximate surface area is 132 Å². The second kappa shape index (κ2) is 6.48. The number of esters is 1. The average molecular weight is 343 g/mol. The van der Waals surface area contributed by atoms with Gasteiger partial charge in [0.1, 0.15) is 0 Å². The van der Waals surface area contributed by atoms with Crippen LogP contribution in [0.2, 0.25) is 0 Å². The first kappa shape index (κ1) is 17.1. The zero-order valence-electron chi connectivity index (χ0n) is 11.9. The van der Waals surface area contributed by atoms with Crippen LogP contribution in [-0.2, 0) is 10.9 Å². The van der Waals surface area contributed by atoms with E-state index in [-0.39, 0.29) is 5.56 Å². The van der Waals surface area contributed by atoms with E-state index < -0.39 is 40.2 Å². The predicted octanol–water partition coefficient (Wildman–Crippen LogP) is 2.98. The van der Waals surface area contributed by atoms with Crippen molar-refractivity contribution in [1.29, 1.82) is 0 Å². The minimum Gasteiger partial charge on any atom is -0.465 e. The molecule has 1 aromatic heterocycles. The molecule has 0 aliphatic heterocycles. The number of nitrogens with zero attached hydrogens (tertiary/aromatic N) is 3. The third kappa shape index (κ3) is 3.74. The standard InChI is InChI=1S/C13H8F3N3O5/c1-23-11(20)7-2-3-8(19(21)22)9(6-7)24-12-17-5-4-10(18-12)13(14,15)16/h2-6H,1H3. The quantitative estimate of drug-likeness (QED) is 0.477. The van der Waals surface area contributed by atoms with Crippen molar-refractivity contribution in [3.05, 3.63) is 51.8 Å². The maximum Gasteiger partial charge on any atom is 0.433 e. The third-order valence-corrected chi connectivity index (χ3v) is 2.70. The molecule has 0 amide bonds. The Balaban J connectivity index is 2.44. The molecule has 0 saturated carbocycles. The number of methoxy groups -OCH3 is 1. The van der Waals surface area contributed by atoms with Gasteiger partial charge in [-0.05, 0) is 12.1 Å². The number of alkyl halides is 3. The highest BCUT2D eigenvalue weighted by Gasteiger charge is 2.33. The van der Waals surface area contributed by atoms with E-state index in [1.54, 1.807) is 0 Å². The van der Waals surface area contributed by atoms with Crippen molar-refractivity contribution in [3.8, 4) is 11.8 Å². The molecule has 0 aliphatic rings. The number of carbonyl (C=O) groups excluding carboxylic acids is 1. The van der Waals surface area contributed by atoms with Crippen LogP contribution in [0.5, 0.6) is 11.8 Å². The highest BCUT2D eigenvalue weighted by Crippen LogP contribution is 2.33. The summed E-state index contributed by atoms with van der Waals surface area (Å²) in [6.45, 7) is 0. The predicted molar refractivity (Wildman–Crippen MR) is 71.5 cm³/mol. The molecule has 2 rings (SSSR count). The van der Waals surface area contributed by atoms with Gasteiger partial charge in [-0.15, -0.1) is 0 Å². The highest BCUT2D eigenvalue weighted by molar-refractivity contribution is 5.90. The molecule has 0 bridgehead atoms. The molecule has 0 saturated heterocycles. The van der Waals surface area contributed by atoms with Crippen LogP contribution in [-0.4, -0.2) is 28.0 Å². The minimum absolute atomic E-state index is 0.0925. The summed E-state index contributed by atoms with van der Waals surface area (Å²) in [5.74, 6) is -1.30. The van der Waals surface area contributed by atoms with E-state index in [4.69, 9.17) is 4.74 Å². The van der Waals surface area contributed by atoms with Gasteiger partial charge in [0, 0.05) is 18.3 Å². The van der Waals surface area contributed by atoms with Gasteiger partial charge >= 0.3 is 23.8 Å². The molecular weight excluding hydrogens is 335 g/mol. The van der Waals surface area contributed by atoms with Crippen LogP contribution in [0.1, 0.15) is 16.1 Å². The van der Waals surface area contributed by atoms with Gasteiger partial charge in [0.25, 0.3) is 0 Å². The van der Waals surface area contributed by atoms with Crippen molar-refractivity contribution in [1.82, 2.24) is 9.97 Å². The van der Waals surface area contributed by atoms with Crippen LogP contribution < -0.4 is 4.74 Å². The molecule has 0 N–H and O–H groups in total. The Hall–Kier alpha value is -3.24. The average Bonchev–Trinajstić information content (AvgIpc) is 2.53. The van der Waals surface area contributed by atoms with E-state index in [0.717, 1.165) is 31.5 Å². The molecule has 8 nitrogen and oxygen atoms in total. The molecule has 0 atom stereocenters. The molecule has 0 radical (unpaired) electrons. The smallest absolute Gasteiger partial charge is 0.433 e. The fraction of sp³-hybridized carbons (Fsp3) is 0.154. The number of carbonyl (C=O) groups is 1. The van der Waals surface area contributed by atoms with Crippen LogP contribution in [0.3, 0.4) is 0 Å². The zero-order valence-corrected chi connectivity index (χ0v) is 11.9. The molecule has 0 fully saturated rings. The Morgan fingerprint density at radius 1 is 1.29 bits per heavy atom. The second-order valence-electron chi connectivity index (χ2n) is 4.26. The topological polar surface area (TPSA) is 104 Å². The lowest BCUT2D eigenvalue weighted by atomic mass is 10.2. The van der Waals surface area contributed by atoms with E-state index in [1.807, 2.05) is 0 Å². The van der Waals surface area contributed by atoms with Crippen LogP contribution in [0, 0.1) is 10.1 Å². The Bertz CT molecular complexity index is 795. The minimum atomic E-state index is -4.74. The number of hydrogen-bond donors (Lipinski definition) is 0. The number of nitro groups is 1. The Morgan fingerprint density at radius 2 is 2.00 bits per heavy atom. The SMILES string of the molecule is COC(=O)c1ccc([N+](=O)[O-])c(Oc2nccc(C(F)(F)F)n2)c1. The summed E-state index contributed by atoms with van der Waals surface area (Å²) in [6.07, 6.45) is -3.94. The van der Waals surface area contributed by atoms with E-state index >= 15 is 0 Å². The number of aromatic nitrogens is 2. The van der Waals surface area contributed by atoms with Crippen LogP contribution in [0.25, 0.3) is 0 Å². The molecule has 11 heteroatoms. The molecule has 2 aromatic rings. The molecule has 1 heterocycles. The van der Waals surface area contributed by atoms with E-state index in [0.29, 0.717) is 6.07 Å². The summed E-state index contributed by atoms with van der Waals surface area (Å²) in [5.41, 5.74) is -1.95. The van der Waals surface area contributed by atoms with E-state index in [1.165, 1.54) is 0 Å². The van der Waals surface area contributed by atoms with Crippen molar-refractivity contribution in [3.63, 3.8) is 0 Å². The maximum absolute atomic E-state index is 12.6. The van der Waals surface area contributed by atoms with Gasteiger partial charge in [-0.25, -0.2) is 9.78 Å². The lowest BCUT2D eigenvalue weighted by Crippen LogP contribution is -2.09. The van der Waals surface area contributed by atoms with Gasteiger partial charge in [0.2, 0.25) is 5.75 Å². The molecular formula is C13H8F3N3O5. The monoisotopic (exact) mass is 343 g/mol. The maximum atomic E-state index is 12.6. The summed E-state index contributed by atoms with van der Waals surface area (Å²) >= 11 is 0. The fourth-order valence-electron chi connectivity index (χ4n) is 1.64. The molecule has 1 aromatic carbocycles. The number of nitro benzene ring substituents is 1. The van der Waals surface area contributed by atoms with Crippen molar-refractivity contribution in [2.75, 3.05) is 7.11 Å². The van der Waals surface area contributed by atoms with Crippen LogP contribution >= 0.6 is 0 Å². The number of rotatable bonds is 4. The van der Waals surface area contributed by atoms with Crippen LogP contribution in [0.4, 0.5) is 18.9 Å². The first-order valence-corrected chi connectivity index (χ1v) is 6.17. The summed E-state index contributed by atoms with van der Waals surface area (Å²) in [5, 5.41) is 11.0. The Kier molecular flexibility index (Phi) is 4.62. The van der Waals surface area contributed by atoms with Crippen molar-refractivity contribution >= 4 is 11.7 Å². The van der Waals surface area contributed by atoms with Crippen molar-refractivity contribution in [2.24, 2.45) is 0 Å². The molecule has 0 unspecified atom stereocenters. The number of hydrogen-bond acceptors (Lipinski definition) is 7. The lowest BCUT2D eigenvalue weighted by Gasteiger charge is -2.09. The number of ether oxygens (including phenoxy) is 2. The largest absolute Gasteiger partial charge is 0.465 e. The molecule has 0 spiro atoms. The summed E-state index contributed by atoms with van der Waals surface area (Å²) in [7, 11) is 1.10. The summed E-state index contributed by atoms with van der Waals surface area (Å²) in [6, 6.07) is 2.88. The van der Waals surface area contributed by atoms with Gasteiger partial charge in [-0.1, -0.05) is 0 Å². The van der Waals surface area contributed by atoms with Crippen molar-refractivity contribution in [2.45, 2.75) is 6.18 Å². The second-order valence-corrected chi connectivity index (χ2v) is 4.26. The van der Waals surface area contributed by atoms with Gasteiger partial charge in [0.15, 0.2) is 5.69 Å². The van der Waals surface area contributed by atoms with E-state index in [2.05, 4.69) is 14.7 Å².